The summed E-state index contributed by atoms with van der Waals surface area (Å²) in [7, 11) is 0. The van der Waals surface area contributed by atoms with Gasteiger partial charge < -0.3 is 15.5 Å². The normalized spacial score (nSPS) is 10.8. The Morgan fingerprint density at radius 2 is 2.33 bits per heavy atom. The lowest BCUT2D eigenvalue weighted by Gasteiger charge is -2.04. The van der Waals surface area contributed by atoms with Crippen LogP contribution in [0.1, 0.15) is 28.7 Å². The van der Waals surface area contributed by atoms with Crippen molar-refractivity contribution < 1.29 is 9.90 Å². The Morgan fingerprint density at radius 3 is 2.83 bits per heavy atom. The second-order valence-corrected chi connectivity index (χ2v) is 4.62. The average molecular weight is 360 g/mol. The van der Waals surface area contributed by atoms with E-state index >= 15 is 0 Å². The van der Waals surface area contributed by atoms with Crippen molar-refractivity contribution in [1.82, 2.24) is 14.6 Å². The number of carboxylic acids is 1. The van der Waals surface area contributed by atoms with Crippen LogP contribution >= 0.6 is 22.6 Å². The van der Waals surface area contributed by atoms with E-state index in [9.17, 15) is 14.7 Å². The molecule has 0 unspecified atom stereocenters. The molecule has 0 aliphatic rings. The molecule has 7 nitrogen and oxygen atoms in total. The lowest BCUT2D eigenvalue weighted by atomic mass is 10.2. The quantitative estimate of drug-likeness (QED) is 0.557. The third-order valence-corrected chi connectivity index (χ3v) is 3.61. The van der Waals surface area contributed by atoms with Gasteiger partial charge in [0, 0.05) is 6.21 Å². The largest absolute Gasteiger partial charge is 0.476 e. The number of H-pyrrole nitrogens is 1. The van der Waals surface area contributed by atoms with E-state index < -0.39 is 11.5 Å². The van der Waals surface area contributed by atoms with Crippen molar-refractivity contribution in [2.75, 3.05) is 0 Å². The molecule has 0 amide bonds. The summed E-state index contributed by atoms with van der Waals surface area (Å²) in [6.07, 6.45) is 1.31. The zero-order valence-electron chi connectivity index (χ0n) is 9.32. The minimum atomic E-state index is -1.21. The molecule has 94 valence electrons. The monoisotopic (exact) mass is 360 g/mol. The lowest BCUT2D eigenvalue weighted by molar-refractivity contribution is 0.0685. The predicted molar refractivity (Wildman–Crippen MR) is 72.8 cm³/mol. The molecule has 2 aromatic rings. The first-order chi connectivity index (χ1) is 8.51. The van der Waals surface area contributed by atoms with E-state index in [0.29, 0.717) is 21.3 Å². The molecule has 0 fully saturated rings. The summed E-state index contributed by atoms with van der Waals surface area (Å²) in [5, 5.41) is 20.4. The SMILES string of the molecule is CCc1c(C(=O)O)n2nc(C=N)c(I)c2[nH]c1=O. The Morgan fingerprint density at radius 1 is 1.67 bits per heavy atom. The van der Waals surface area contributed by atoms with E-state index in [-0.39, 0.29) is 11.3 Å². The van der Waals surface area contributed by atoms with E-state index in [0.717, 1.165) is 6.21 Å². The predicted octanol–water partition coefficient (Wildman–Crippen LogP) is 0.885. The van der Waals surface area contributed by atoms with Crippen molar-refractivity contribution in [3.05, 3.63) is 30.9 Å². The van der Waals surface area contributed by atoms with E-state index in [2.05, 4.69) is 10.1 Å². The number of aromatic amines is 1. The average Bonchev–Trinajstić information content (AvgIpc) is 2.64. The van der Waals surface area contributed by atoms with Crippen LogP contribution in [-0.2, 0) is 6.42 Å². The number of nitrogens with zero attached hydrogens (tertiary/aromatic N) is 2. The summed E-state index contributed by atoms with van der Waals surface area (Å²) < 4.78 is 1.72. The summed E-state index contributed by atoms with van der Waals surface area (Å²) in [4.78, 5) is 25.7. The highest BCUT2D eigenvalue weighted by Gasteiger charge is 2.21. The zero-order chi connectivity index (χ0) is 13.4. The van der Waals surface area contributed by atoms with Crippen molar-refractivity contribution >= 4 is 40.4 Å². The molecule has 0 aliphatic carbocycles. The fourth-order valence-electron chi connectivity index (χ4n) is 1.74. The van der Waals surface area contributed by atoms with Crippen LogP contribution in [0.3, 0.4) is 0 Å². The number of hydrogen-bond donors (Lipinski definition) is 3. The van der Waals surface area contributed by atoms with Crippen LogP contribution in [0.2, 0.25) is 0 Å². The zero-order valence-corrected chi connectivity index (χ0v) is 11.5. The molecule has 8 heteroatoms. The Balaban J connectivity index is 3.03. The van der Waals surface area contributed by atoms with Crippen LogP contribution in [0.4, 0.5) is 0 Å². The molecule has 0 aliphatic heterocycles. The van der Waals surface area contributed by atoms with E-state index in [1.807, 2.05) is 22.6 Å². The number of carboxylic acid groups (broad SMARTS) is 1. The fourth-order valence-corrected chi connectivity index (χ4v) is 2.37. The number of rotatable bonds is 3. The van der Waals surface area contributed by atoms with Gasteiger partial charge in [0.15, 0.2) is 11.3 Å². The smallest absolute Gasteiger partial charge is 0.355 e. The summed E-state index contributed by atoms with van der Waals surface area (Å²) >= 11 is 1.92. The molecule has 0 saturated carbocycles. The number of aromatic carboxylic acids is 1. The molecule has 2 rings (SSSR count). The molecule has 0 aromatic carbocycles. The summed E-state index contributed by atoms with van der Waals surface area (Å²) in [6, 6.07) is 0. The molecule has 0 atom stereocenters. The van der Waals surface area contributed by atoms with Crippen LogP contribution in [-0.4, -0.2) is 31.9 Å². The first kappa shape index (κ1) is 12.7. The fraction of sp³-hybridized carbons (Fsp3) is 0.200. The minimum Gasteiger partial charge on any atom is -0.476 e. The number of hydrogen-bond acceptors (Lipinski definition) is 4. The second-order valence-electron chi connectivity index (χ2n) is 3.54. The van der Waals surface area contributed by atoms with Crippen molar-refractivity contribution in [2.24, 2.45) is 0 Å². The van der Waals surface area contributed by atoms with Gasteiger partial charge in [0.1, 0.15) is 5.69 Å². The number of aromatic nitrogens is 3. The highest BCUT2D eigenvalue weighted by atomic mass is 127. The number of fused-ring (bicyclic) bond motifs is 1. The van der Waals surface area contributed by atoms with Crippen LogP contribution in [0.5, 0.6) is 0 Å². The number of nitrogens with one attached hydrogen (secondary N) is 2. The minimum absolute atomic E-state index is 0.151. The molecule has 0 bridgehead atoms. The molecule has 0 spiro atoms. The van der Waals surface area contributed by atoms with Crippen molar-refractivity contribution in [3.63, 3.8) is 0 Å². The summed E-state index contributed by atoms with van der Waals surface area (Å²) in [5.74, 6) is -1.21. The van der Waals surface area contributed by atoms with Gasteiger partial charge in [-0.05, 0) is 29.0 Å². The van der Waals surface area contributed by atoms with Gasteiger partial charge in [-0.1, -0.05) is 6.92 Å². The van der Waals surface area contributed by atoms with E-state index in [1.54, 1.807) is 6.92 Å². The maximum absolute atomic E-state index is 11.8. The maximum Gasteiger partial charge on any atom is 0.355 e. The van der Waals surface area contributed by atoms with Gasteiger partial charge in [0.2, 0.25) is 0 Å². The Bertz CT molecular complexity index is 716. The first-order valence-corrected chi connectivity index (χ1v) is 6.16. The number of halogens is 1. The summed E-state index contributed by atoms with van der Waals surface area (Å²) in [5.41, 5.74) is 0.208. The third-order valence-electron chi connectivity index (χ3n) is 2.55. The van der Waals surface area contributed by atoms with Gasteiger partial charge in [-0.25, -0.2) is 9.31 Å². The van der Waals surface area contributed by atoms with Gasteiger partial charge in [0.05, 0.1) is 9.13 Å². The molecular weight excluding hydrogens is 351 g/mol. The Kier molecular flexibility index (Phi) is 3.20. The highest BCUT2D eigenvalue weighted by molar-refractivity contribution is 14.1. The molecule has 0 radical (unpaired) electrons. The molecular formula is C10H9IN4O3. The Labute approximate surface area is 114 Å². The van der Waals surface area contributed by atoms with Crippen molar-refractivity contribution in [2.45, 2.75) is 13.3 Å². The van der Waals surface area contributed by atoms with Gasteiger partial charge in [-0.2, -0.15) is 5.10 Å². The highest BCUT2D eigenvalue weighted by Crippen LogP contribution is 2.17. The van der Waals surface area contributed by atoms with Crippen LogP contribution in [0, 0.1) is 8.98 Å². The van der Waals surface area contributed by atoms with Crippen LogP contribution in [0.25, 0.3) is 5.65 Å². The first-order valence-electron chi connectivity index (χ1n) is 5.08. The van der Waals surface area contributed by atoms with E-state index in [4.69, 9.17) is 5.41 Å². The molecule has 2 heterocycles. The lowest BCUT2D eigenvalue weighted by Crippen LogP contribution is -2.22. The van der Waals surface area contributed by atoms with Gasteiger partial charge >= 0.3 is 5.97 Å². The van der Waals surface area contributed by atoms with Crippen molar-refractivity contribution in [3.8, 4) is 0 Å². The van der Waals surface area contributed by atoms with E-state index in [1.165, 1.54) is 4.52 Å². The summed E-state index contributed by atoms with van der Waals surface area (Å²) in [6.45, 7) is 1.70. The van der Waals surface area contributed by atoms with Gasteiger partial charge in [-0.3, -0.25) is 4.79 Å². The second kappa shape index (κ2) is 4.52. The topological polar surface area (TPSA) is 111 Å². The van der Waals surface area contributed by atoms with Gasteiger partial charge in [-0.15, -0.1) is 0 Å². The molecule has 0 saturated heterocycles. The molecule has 3 N–H and O–H groups in total. The van der Waals surface area contributed by atoms with Crippen LogP contribution < -0.4 is 5.56 Å². The molecule has 18 heavy (non-hydrogen) atoms. The van der Waals surface area contributed by atoms with Crippen LogP contribution in [0.15, 0.2) is 4.79 Å². The maximum atomic E-state index is 11.8. The third kappa shape index (κ3) is 1.72. The van der Waals surface area contributed by atoms with Crippen molar-refractivity contribution in [1.29, 1.82) is 5.41 Å². The Hall–Kier alpha value is -1.71. The molecule has 2 aromatic heterocycles. The number of carbonyl (C=O) groups is 1. The van der Waals surface area contributed by atoms with Gasteiger partial charge in [0.25, 0.3) is 5.56 Å². The standard InChI is InChI=1S/C10H9IN4O3/c1-2-4-7(10(17)18)15-8(13-9(4)16)6(11)5(3-12)14-15/h3,12H,2H2,1H3,(H,13,16)(H,17,18).